The second-order valence-corrected chi connectivity index (χ2v) is 6.59. The van der Waals surface area contributed by atoms with Gasteiger partial charge >= 0.3 is 5.97 Å². The fraction of sp³-hybridized carbons (Fsp3) is 0.429. The van der Waals surface area contributed by atoms with Gasteiger partial charge in [0.1, 0.15) is 5.75 Å². The Kier molecular flexibility index (Phi) is 6.10. The second kappa shape index (κ2) is 8.70. The minimum atomic E-state index is -0.482. The Labute approximate surface area is 153 Å². The smallest absolute Gasteiger partial charge is 0.339 e. The van der Waals surface area contributed by atoms with Crippen molar-refractivity contribution in [1.82, 2.24) is 4.90 Å². The van der Waals surface area contributed by atoms with E-state index in [9.17, 15) is 9.59 Å². The van der Waals surface area contributed by atoms with Crippen LogP contribution in [0.2, 0.25) is 0 Å². The van der Waals surface area contributed by atoms with Gasteiger partial charge in [0, 0.05) is 18.5 Å². The molecule has 1 aliphatic rings. The summed E-state index contributed by atoms with van der Waals surface area (Å²) in [6.07, 6.45) is 5.58. The zero-order valence-electron chi connectivity index (χ0n) is 15.2. The molecule has 5 heteroatoms. The predicted molar refractivity (Wildman–Crippen MR) is 100 cm³/mol. The highest BCUT2D eigenvalue weighted by Gasteiger charge is 2.19. The number of fused-ring (bicyclic) bond motifs is 1. The van der Waals surface area contributed by atoms with Gasteiger partial charge in [0.25, 0.3) is 5.91 Å². The Morgan fingerprint density at radius 1 is 0.923 bits per heavy atom. The van der Waals surface area contributed by atoms with E-state index < -0.39 is 5.97 Å². The Morgan fingerprint density at radius 3 is 2.27 bits per heavy atom. The summed E-state index contributed by atoms with van der Waals surface area (Å²) in [5.41, 5.74) is 0.446. The minimum absolute atomic E-state index is 0.113. The lowest BCUT2D eigenvalue weighted by atomic mass is 10.0. The van der Waals surface area contributed by atoms with Gasteiger partial charge in [0.05, 0.1) is 12.7 Å². The average molecular weight is 355 g/mol. The number of hydrogen-bond donors (Lipinski definition) is 0. The molecule has 1 aliphatic heterocycles. The first-order valence-corrected chi connectivity index (χ1v) is 9.21. The molecule has 0 atom stereocenters. The maximum Gasteiger partial charge on any atom is 0.339 e. The number of rotatable bonds is 4. The van der Waals surface area contributed by atoms with Gasteiger partial charge in [0.2, 0.25) is 0 Å². The number of esters is 1. The monoisotopic (exact) mass is 355 g/mol. The molecular weight excluding hydrogens is 330 g/mol. The molecule has 0 bridgehead atoms. The molecule has 0 unspecified atom stereocenters. The molecule has 0 aromatic heterocycles. The maximum absolute atomic E-state index is 12.5. The maximum atomic E-state index is 12.5. The molecule has 1 heterocycles. The van der Waals surface area contributed by atoms with Crippen LogP contribution in [-0.2, 0) is 9.53 Å². The minimum Gasteiger partial charge on any atom is -0.496 e. The lowest BCUT2D eigenvalue weighted by molar-refractivity contribution is -0.134. The van der Waals surface area contributed by atoms with Crippen molar-refractivity contribution in [3.63, 3.8) is 0 Å². The third kappa shape index (κ3) is 4.15. The van der Waals surface area contributed by atoms with Crippen molar-refractivity contribution < 1.29 is 19.1 Å². The molecule has 0 aliphatic carbocycles. The number of ether oxygens (including phenoxy) is 2. The third-order valence-corrected chi connectivity index (χ3v) is 4.86. The van der Waals surface area contributed by atoms with Crippen LogP contribution in [0.25, 0.3) is 10.8 Å². The average Bonchev–Trinajstić information content (AvgIpc) is 2.64. The SMILES string of the molecule is COc1ccc(C(=O)OCC(=O)N2CCCCCCC2)c2ccccc12. The molecule has 0 radical (unpaired) electrons. The van der Waals surface area contributed by atoms with Crippen molar-refractivity contribution >= 4 is 22.6 Å². The molecule has 0 N–H and O–H groups in total. The van der Waals surface area contributed by atoms with E-state index in [4.69, 9.17) is 9.47 Å². The Hall–Kier alpha value is -2.56. The highest BCUT2D eigenvalue weighted by atomic mass is 16.5. The van der Waals surface area contributed by atoms with Crippen molar-refractivity contribution in [1.29, 1.82) is 0 Å². The van der Waals surface area contributed by atoms with E-state index in [-0.39, 0.29) is 12.5 Å². The van der Waals surface area contributed by atoms with Crippen LogP contribution in [0, 0.1) is 0 Å². The molecule has 3 rings (SSSR count). The summed E-state index contributed by atoms with van der Waals surface area (Å²) in [4.78, 5) is 26.7. The summed E-state index contributed by atoms with van der Waals surface area (Å²) in [5, 5.41) is 1.61. The Bertz CT molecular complexity index is 779. The molecule has 0 saturated carbocycles. The van der Waals surface area contributed by atoms with Crippen molar-refractivity contribution in [2.75, 3.05) is 26.8 Å². The molecule has 2 aromatic carbocycles. The van der Waals surface area contributed by atoms with Crippen LogP contribution in [0.15, 0.2) is 36.4 Å². The molecular formula is C21H25NO4. The Balaban J connectivity index is 1.68. The van der Waals surface area contributed by atoms with E-state index in [1.54, 1.807) is 19.2 Å². The van der Waals surface area contributed by atoms with Gasteiger partial charge in [0.15, 0.2) is 6.61 Å². The summed E-state index contributed by atoms with van der Waals surface area (Å²) in [6, 6.07) is 10.9. The number of benzene rings is 2. The highest BCUT2D eigenvalue weighted by molar-refractivity contribution is 6.06. The van der Waals surface area contributed by atoms with Crippen LogP contribution in [0.3, 0.4) is 0 Å². The predicted octanol–water partition coefficient (Wildman–Crippen LogP) is 3.80. The number of carbonyl (C=O) groups excluding carboxylic acids is 2. The normalized spacial score (nSPS) is 15.2. The number of carbonyl (C=O) groups is 2. The highest BCUT2D eigenvalue weighted by Crippen LogP contribution is 2.28. The zero-order chi connectivity index (χ0) is 18.4. The van der Waals surface area contributed by atoms with Crippen LogP contribution in [0.1, 0.15) is 42.5 Å². The fourth-order valence-corrected chi connectivity index (χ4v) is 3.42. The van der Waals surface area contributed by atoms with E-state index in [0.717, 1.165) is 49.5 Å². The van der Waals surface area contributed by atoms with Crippen molar-refractivity contribution in [3.05, 3.63) is 42.0 Å². The van der Waals surface area contributed by atoms with Gasteiger partial charge in [-0.25, -0.2) is 4.79 Å². The van der Waals surface area contributed by atoms with Crippen LogP contribution in [-0.4, -0.2) is 43.6 Å². The molecule has 1 saturated heterocycles. The van der Waals surface area contributed by atoms with Crippen molar-refractivity contribution in [2.45, 2.75) is 32.1 Å². The topological polar surface area (TPSA) is 55.8 Å². The molecule has 2 aromatic rings. The van der Waals surface area contributed by atoms with Gasteiger partial charge in [-0.1, -0.05) is 43.5 Å². The first-order chi connectivity index (χ1) is 12.7. The van der Waals surface area contributed by atoms with Crippen LogP contribution in [0.5, 0.6) is 5.75 Å². The van der Waals surface area contributed by atoms with E-state index >= 15 is 0 Å². The van der Waals surface area contributed by atoms with Crippen LogP contribution >= 0.6 is 0 Å². The van der Waals surface area contributed by atoms with Gasteiger partial charge in [-0.05, 0) is 30.4 Å². The largest absolute Gasteiger partial charge is 0.496 e. The van der Waals surface area contributed by atoms with Gasteiger partial charge in [-0.15, -0.1) is 0 Å². The number of nitrogens with zero attached hydrogens (tertiary/aromatic N) is 1. The van der Waals surface area contributed by atoms with Gasteiger partial charge < -0.3 is 14.4 Å². The quantitative estimate of drug-likeness (QED) is 0.783. The van der Waals surface area contributed by atoms with E-state index in [1.165, 1.54) is 6.42 Å². The number of likely N-dealkylation sites (tertiary alicyclic amines) is 1. The molecule has 0 spiro atoms. The van der Waals surface area contributed by atoms with Crippen molar-refractivity contribution in [3.8, 4) is 5.75 Å². The third-order valence-electron chi connectivity index (χ3n) is 4.86. The molecule has 26 heavy (non-hydrogen) atoms. The lowest BCUT2D eigenvalue weighted by Gasteiger charge is -2.24. The zero-order valence-corrected chi connectivity index (χ0v) is 15.2. The summed E-state index contributed by atoms with van der Waals surface area (Å²) >= 11 is 0. The van der Waals surface area contributed by atoms with E-state index in [0.29, 0.717) is 11.3 Å². The van der Waals surface area contributed by atoms with Crippen LogP contribution < -0.4 is 4.74 Å². The van der Waals surface area contributed by atoms with E-state index in [2.05, 4.69) is 0 Å². The van der Waals surface area contributed by atoms with Crippen molar-refractivity contribution in [2.24, 2.45) is 0 Å². The first-order valence-electron chi connectivity index (χ1n) is 9.21. The fourth-order valence-electron chi connectivity index (χ4n) is 3.42. The van der Waals surface area contributed by atoms with Gasteiger partial charge in [-0.2, -0.15) is 0 Å². The molecule has 1 fully saturated rings. The molecule has 1 amide bonds. The Morgan fingerprint density at radius 2 is 1.58 bits per heavy atom. The van der Waals surface area contributed by atoms with Gasteiger partial charge in [-0.3, -0.25) is 4.79 Å². The number of amides is 1. The second-order valence-electron chi connectivity index (χ2n) is 6.59. The number of hydrogen-bond acceptors (Lipinski definition) is 4. The summed E-state index contributed by atoms with van der Waals surface area (Å²) in [7, 11) is 1.60. The summed E-state index contributed by atoms with van der Waals surface area (Å²) < 4.78 is 10.7. The first kappa shape index (κ1) is 18.2. The summed E-state index contributed by atoms with van der Waals surface area (Å²) in [5.74, 6) is 0.108. The summed E-state index contributed by atoms with van der Waals surface area (Å²) in [6.45, 7) is 1.29. The standard InChI is InChI=1S/C21H25NO4/c1-25-19-12-11-18(16-9-5-6-10-17(16)19)21(24)26-15-20(23)22-13-7-3-2-4-8-14-22/h5-6,9-12H,2-4,7-8,13-15H2,1H3. The molecule has 138 valence electrons. The number of methoxy groups -OCH3 is 1. The molecule has 5 nitrogen and oxygen atoms in total. The lowest BCUT2D eigenvalue weighted by Crippen LogP contribution is -2.36. The van der Waals surface area contributed by atoms with E-state index in [1.807, 2.05) is 29.2 Å². The van der Waals surface area contributed by atoms with Crippen LogP contribution in [0.4, 0.5) is 0 Å².